The fourth-order valence-corrected chi connectivity index (χ4v) is 3.59. The second-order valence-corrected chi connectivity index (χ2v) is 6.52. The van der Waals surface area contributed by atoms with Crippen LogP contribution in [0.2, 0.25) is 0 Å². The molecule has 0 amide bonds. The van der Waals surface area contributed by atoms with E-state index >= 15 is 0 Å². The number of benzene rings is 1. The van der Waals surface area contributed by atoms with Gasteiger partial charge in [0.15, 0.2) is 0 Å². The highest BCUT2D eigenvalue weighted by Crippen LogP contribution is 2.39. The standard InChI is InChI=1S/C17H15F3N2OS/c1-11-8-22(9-16(23-11)13-4-5-24-10-13)15-6-12(7-21)2-3-14(15)17(18,19)20/h2-6,10-11,16H,8-9H2,1H3. The lowest BCUT2D eigenvalue weighted by Crippen LogP contribution is -2.43. The first-order valence-electron chi connectivity index (χ1n) is 7.42. The molecule has 0 N–H and O–H groups in total. The van der Waals surface area contributed by atoms with Crippen LogP contribution in [-0.4, -0.2) is 19.2 Å². The first kappa shape index (κ1) is 16.8. The van der Waals surface area contributed by atoms with E-state index in [0.29, 0.717) is 13.1 Å². The number of rotatable bonds is 2. The third kappa shape index (κ3) is 3.40. The minimum absolute atomic E-state index is 0.0388. The number of morpholine rings is 1. The van der Waals surface area contributed by atoms with E-state index in [1.54, 1.807) is 4.90 Å². The van der Waals surface area contributed by atoms with Crippen molar-refractivity contribution in [2.45, 2.75) is 25.3 Å². The van der Waals surface area contributed by atoms with Gasteiger partial charge in [0.05, 0.1) is 29.0 Å². The van der Waals surface area contributed by atoms with Crippen molar-refractivity contribution in [1.29, 1.82) is 5.26 Å². The molecular formula is C17H15F3N2OS. The Morgan fingerprint density at radius 1 is 1.29 bits per heavy atom. The molecule has 0 saturated carbocycles. The van der Waals surface area contributed by atoms with Gasteiger partial charge in [-0.25, -0.2) is 0 Å². The van der Waals surface area contributed by atoms with Crippen LogP contribution < -0.4 is 4.90 Å². The summed E-state index contributed by atoms with van der Waals surface area (Å²) in [4.78, 5) is 1.67. The van der Waals surface area contributed by atoms with Crippen LogP contribution in [0.5, 0.6) is 0 Å². The summed E-state index contributed by atoms with van der Waals surface area (Å²) in [5.41, 5.74) is 0.488. The Bertz CT molecular complexity index is 752. The topological polar surface area (TPSA) is 36.3 Å². The number of ether oxygens (including phenoxy) is 1. The largest absolute Gasteiger partial charge is 0.418 e. The van der Waals surface area contributed by atoms with Crippen molar-refractivity contribution in [1.82, 2.24) is 0 Å². The van der Waals surface area contributed by atoms with Crippen molar-refractivity contribution >= 4 is 17.0 Å². The lowest BCUT2D eigenvalue weighted by molar-refractivity contribution is -0.137. The van der Waals surface area contributed by atoms with Crippen LogP contribution in [-0.2, 0) is 10.9 Å². The molecule has 3 nitrogen and oxygen atoms in total. The Labute approximate surface area is 141 Å². The van der Waals surface area contributed by atoms with E-state index in [2.05, 4.69) is 0 Å². The fraction of sp³-hybridized carbons (Fsp3) is 0.353. The van der Waals surface area contributed by atoms with Gasteiger partial charge in [0, 0.05) is 13.1 Å². The van der Waals surface area contributed by atoms with Crippen molar-refractivity contribution < 1.29 is 17.9 Å². The van der Waals surface area contributed by atoms with Gasteiger partial charge in [-0.2, -0.15) is 29.8 Å². The molecule has 1 aromatic heterocycles. The van der Waals surface area contributed by atoms with Gasteiger partial charge in [-0.15, -0.1) is 0 Å². The number of alkyl halides is 3. The first-order chi connectivity index (χ1) is 11.4. The van der Waals surface area contributed by atoms with Crippen molar-refractivity contribution in [3.8, 4) is 6.07 Å². The number of nitrogens with zero attached hydrogens (tertiary/aromatic N) is 2. The summed E-state index contributed by atoms with van der Waals surface area (Å²) in [5, 5.41) is 12.9. The molecule has 0 aliphatic carbocycles. The second-order valence-electron chi connectivity index (χ2n) is 5.74. The average molecular weight is 352 g/mol. The third-order valence-electron chi connectivity index (χ3n) is 3.95. The van der Waals surface area contributed by atoms with E-state index in [9.17, 15) is 13.2 Å². The molecule has 126 valence electrons. The van der Waals surface area contributed by atoms with Gasteiger partial charge < -0.3 is 9.64 Å². The molecule has 0 spiro atoms. The Morgan fingerprint density at radius 2 is 2.08 bits per heavy atom. The lowest BCUT2D eigenvalue weighted by atomic mass is 10.0. The van der Waals surface area contributed by atoms with Crippen molar-refractivity contribution in [3.05, 3.63) is 51.7 Å². The molecule has 1 aliphatic heterocycles. The van der Waals surface area contributed by atoms with Gasteiger partial charge in [0.1, 0.15) is 6.10 Å². The molecule has 2 aromatic rings. The normalized spacial score (nSPS) is 21.5. The quantitative estimate of drug-likeness (QED) is 0.792. The van der Waals surface area contributed by atoms with Crippen LogP contribution in [0.1, 0.15) is 29.7 Å². The summed E-state index contributed by atoms with van der Waals surface area (Å²) >= 11 is 1.52. The predicted molar refractivity (Wildman–Crippen MR) is 86.0 cm³/mol. The highest BCUT2D eigenvalue weighted by molar-refractivity contribution is 7.07. The van der Waals surface area contributed by atoms with E-state index < -0.39 is 11.7 Å². The third-order valence-corrected chi connectivity index (χ3v) is 4.65. The van der Waals surface area contributed by atoms with Crippen LogP contribution in [0.25, 0.3) is 0 Å². The maximum Gasteiger partial charge on any atom is 0.418 e. The summed E-state index contributed by atoms with van der Waals surface area (Å²) in [5.74, 6) is 0. The molecule has 1 saturated heterocycles. The molecule has 2 unspecified atom stereocenters. The molecule has 24 heavy (non-hydrogen) atoms. The van der Waals surface area contributed by atoms with Gasteiger partial charge in [-0.1, -0.05) is 0 Å². The van der Waals surface area contributed by atoms with Gasteiger partial charge in [-0.3, -0.25) is 0 Å². The molecule has 0 bridgehead atoms. The lowest BCUT2D eigenvalue weighted by Gasteiger charge is -2.39. The Balaban J connectivity index is 1.99. The molecule has 0 radical (unpaired) electrons. The number of nitriles is 1. The molecule has 1 aliphatic rings. The van der Waals surface area contributed by atoms with Crippen LogP contribution in [0.3, 0.4) is 0 Å². The van der Waals surface area contributed by atoms with Crippen molar-refractivity contribution in [2.24, 2.45) is 0 Å². The highest BCUT2D eigenvalue weighted by atomic mass is 32.1. The molecule has 2 atom stereocenters. The molecule has 1 fully saturated rings. The summed E-state index contributed by atoms with van der Waals surface area (Å²) in [6.45, 7) is 2.50. The number of hydrogen-bond donors (Lipinski definition) is 0. The SMILES string of the molecule is CC1CN(c2cc(C#N)ccc2C(F)(F)F)CC(c2ccsc2)O1. The van der Waals surface area contributed by atoms with Gasteiger partial charge in [-0.05, 0) is 47.5 Å². The van der Waals surface area contributed by atoms with Crippen LogP contribution in [0, 0.1) is 11.3 Å². The number of hydrogen-bond acceptors (Lipinski definition) is 4. The fourth-order valence-electron chi connectivity index (χ4n) is 2.89. The number of thiophene rings is 1. The van der Waals surface area contributed by atoms with Crippen LogP contribution >= 0.6 is 11.3 Å². The van der Waals surface area contributed by atoms with E-state index in [-0.39, 0.29) is 23.5 Å². The molecule has 3 rings (SSSR count). The maximum atomic E-state index is 13.4. The van der Waals surface area contributed by atoms with E-state index in [0.717, 1.165) is 11.6 Å². The monoisotopic (exact) mass is 352 g/mol. The van der Waals surface area contributed by atoms with Crippen molar-refractivity contribution in [3.63, 3.8) is 0 Å². The minimum atomic E-state index is -4.47. The average Bonchev–Trinajstić information content (AvgIpc) is 3.07. The second kappa shape index (κ2) is 6.46. The van der Waals surface area contributed by atoms with E-state index in [4.69, 9.17) is 10.00 Å². The van der Waals surface area contributed by atoms with E-state index in [1.165, 1.54) is 23.5 Å². The zero-order valence-corrected chi connectivity index (χ0v) is 13.7. The smallest absolute Gasteiger partial charge is 0.367 e. The minimum Gasteiger partial charge on any atom is -0.367 e. The van der Waals surface area contributed by atoms with Crippen LogP contribution in [0.4, 0.5) is 18.9 Å². The van der Waals surface area contributed by atoms with E-state index in [1.807, 2.05) is 29.8 Å². The summed E-state index contributed by atoms with van der Waals surface area (Å²) < 4.78 is 46.0. The summed E-state index contributed by atoms with van der Waals surface area (Å²) in [7, 11) is 0. The summed E-state index contributed by atoms with van der Waals surface area (Å²) in [6.07, 6.45) is -4.97. The van der Waals surface area contributed by atoms with Gasteiger partial charge in [0.25, 0.3) is 0 Å². The molecular weight excluding hydrogens is 337 g/mol. The Hall–Kier alpha value is -2.04. The first-order valence-corrected chi connectivity index (χ1v) is 8.36. The zero-order valence-electron chi connectivity index (χ0n) is 12.9. The molecule has 2 heterocycles. The van der Waals surface area contributed by atoms with Crippen LogP contribution in [0.15, 0.2) is 35.0 Å². The number of halogens is 3. The van der Waals surface area contributed by atoms with Crippen molar-refractivity contribution in [2.75, 3.05) is 18.0 Å². The zero-order chi connectivity index (χ0) is 17.3. The predicted octanol–water partition coefficient (Wildman–Crippen LogP) is 4.60. The maximum absolute atomic E-state index is 13.4. The molecule has 1 aromatic carbocycles. The number of anilines is 1. The highest BCUT2D eigenvalue weighted by Gasteiger charge is 2.37. The van der Waals surface area contributed by atoms with Gasteiger partial charge >= 0.3 is 6.18 Å². The summed E-state index contributed by atoms with van der Waals surface area (Å²) in [6, 6.07) is 7.32. The molecule has 7 heteroatoms. The Kier molecular flexibility index (Phi) is 4.52. The van der Waals surface area contributed by atoms with Gasteiger partial charge in [0.2, 0.25) is 0 Å². The Morgan fingerprint density at radius 3 is 2.71 bits per heavy atom.